The van der Waals surface area contributed by atoms with Crippen LogP contribution in [-0.4, -0.2) is 28.3 Å². The summed E-state index contributed by atoms with van der Waals surface area (Å²) < 4.78 is 5.11. The summed E-state index contributed by atoms with van der Waals surface area (Å²) in [6, 6.07) is 15.6. The predicted molar refractivity (Wildman–Crippen MR) is 123 cm³/mol. The zero-order valence-corrected chi connectivity index (χ0v) is 18.2. The molecule has 0 aliphatic rings. The summed E-state index contributed by atoms with van der Waals surface area (Å²) in [4.78, 5) is 33.0. The average molecular weight is 469 g/mol. The van der Waals surface area contributed by atoms with Crippen LogP contribution in [0, 0.1) is 0 Å². The van der Waals surface area contributed by atoms with Crippen molar-refractivity contribution in [3.8, 4) is 0 Å². The molecule has 7 nitrogen and oxygen atoms in total. The van der Waals surface area contributed by atoms with Crippen LogP contribution in [0.1, 0.15) is 21.9 Å². The molecule has 0 saturated heterocycles. The number of H-pyrrole nitrogens is 1. The van der Waals surface area contributed by atoms with Crippen molar-refractivity contribution in [2.45, 2.75) is 6.42 Å². The van der Waals surface area contributed by atoms with Crippen molar-refractivity contribution in [2.75, 3.05) is 6.54 Å². The monoisotopic (exact) mass is 468 g/mol. The van der Waals surface area contributed by atoms with Crippen molar-refractivity contribution in [2.24, 2.45) is 0 Å². The first-order chi connectivity index (χ1) is 15.5. The predicted octanol–water partition coefficient (Wildman–Crippen LogP) is 4.59. The van der Waals surface area contributed by atoms with Gasteiger partial charge < -0.3 is 20.0 Å². The van der Waals surface area contributed by atoms with Crippen LogP contribution in [0.25, 0.3) is 17.1 Å². The van der Waals surface area contributed by atoms with Gasteiger partial charge in [0, 0.05) is 23.0 Å². The van der Waals surface area contributed by atoms with Gasteiger partial charge in [-0.3, -0.25) is 9.59 Å². The lowest BCUT2D eigenvalue weighted by molar-refractivity contribution is -0.117. The van der Waals surface area contributed by atoms with Gasteiger partial charge in [-0.2, -0.15) is 0 Å². The van der Waals surface area contributed by atoms with E-state index in [4.69, 9.17) is 27.6 Å². The molecule has 0 radical (unpaired) electrons. The number of nitrogens with one attached hydrogen (secondary N) is 3. The SMILES string of the molecule is O=C(NCCc1nc2ccccc2[nH]1)C(=Cc1ccc(Cl)cc1Cl)NC(=O)c1ccco1. The van der Waals surface area contributed by atoms with Crippen LogP contribution in [0.5, 0.6) is 0 Å². The molecule has 3 N–H and O–H groups in total. The molecule has 0 fully saturated rings. The Morgan fingerprint density at radius 1 is 1.09 bits per heavy atom. The Morgan fingerprint density at radius 3 is 2.69 bits per heavy atom. The summed E-state index contributed by atoms with van der Waals surface area (Å²) in [5, 5.41) is 6.18. The summed E-state index contributed by atoms with van der Waals surface area (Å²) in [6.07, 6.45) is 3.35. The van der Waals surface area contributed by atoms with Gasteiger partial charge in [-0.1, -0.05) is 41.4 Å². The number of aromatic amines is 1. The fourth-order valence-corrected chi connectivity index (χ4v) is 3.50. The quantitative estimate of drug-likeness (QED) is 0.345. The molecule has 0 saturated carbocycles. The number of aromatic nitrogens is 2. The molecule has 4 rings (SSSR count). The molecule has 0 aliphatic carbocycles. The maximum absolute atomic E-state index is 12.9. The minimum absolute atomic E-state index is 0.0141. The highest BCUT2D eigenvalue weighted by molar-refractivity contribution is 6.35. The largest absolute Gasteiger partial charge is 0.459 e. The lowest BCUT2D eigenvalue weighted by Crippen LogP contribution is -2.35. The summed E-state index contributed by atoms with van der Waals surface area (Å²) in [6.45, 7) is 0.307. The lowest BCUT2D eigenvalue weighted by atomic mass is 10.1. The van der Waals surface area contributed by atoms with Gasteiger partial charge in [0.1, 0.15) is 11.5 Å². The van der Waals surface area contributed by atoms with Crippen molar-refractivity contribution >= 4 is 52.1 Å². The smallest absolute Gasteiger partial charge is 0.291 e. The number of carbonyl (C=O) groups excluding carboxylic acids is 2. The second-order valence-electron chi connectivity index (χ2n) is 6.86. The van der Waals surface area contributed by atoms with Gasteiger partial charge in [-0.05, 0) is 48.0 Å². The molecule has 2 aromatic heterocycles. The van der Waals surface area contributed by atoms with E-state index in [1.165, 1.54) is 18.4 Å². The first kappa shape index (κ1) is 21.7. The molecule has 2 heterocycles. The highest BCUT2D eigenvalue weighted by atomic mass is 35.5. The van der Waals surface area contributed by atoms with Gasteiger partial charge in [-0.25, -0.2) is 4.98 Å². The van der Waals surface area contributed by atoms with Gasteiger partial charge in [0.25, 0.3) is 11.8 Å². The Morgan fingerprint density at radius 2 is 1.94 bits per heavy atom. The highest BCUT2D eigenvalue weighted by Gasteiger charge is 2.17. The third-order valence-electron chi connectivity index (χ3n) is 4.59. The number of rotatable bonds is 7. The Labute approximate surface area is 193 Å². The molecule has 0 bridgehead atoms. The zero-order valence-electron chi connectivity index (χ0n) is 16.7. The minimum atomic E-state index is -0.557. The van der Waals surface area contributed by atoms with Gasteiger partial charge in [-0.15, -0.1) is 0 Å². The van der Waals surface area contributed by atoms with E-state index in [2.05, 4.69) is 20.6 Å². The van der Waals surface area contributed by atoms with Gasteiger partial charge in [0.15, 0.2) is 5.76 Å². The van der Waals surface area contributed by atoms with Crippen LogP contribution in [0.15, 0.2) is 71.0 Å². The Bertz CT molecular complexity index is 1260. The summed E-state index contributed by atoms with van der Waals surface area (Å²) in [5.41, 5.74) is 2.33. The standard InChI is InChI=1S/C23H18Cl2N4O3/c24-15-8-7-14(16(25)13-15)12-19(29-23(31)20-6-3-11-32-20)22(30)26-10-9-21-27-17-4-1-2-5-18(17)28-21/h1-8,11-13H,9-10H2,(H,26,30)(H,27,28)(H,29,31). The minimum Gasteiger partial charge on any atom is -0.459 e. The maximum atomic E-state index is 12.9. The van der Waals surface area contributed by atoms with E-state index in [0.717, 1.165) is 16.9 Å². The third-order valence-corrected chi connectivity index (χ3v) is 5.15. The summed E-state index contributed by atoms with van der Waals surface area (Å²) in [5.74, 6) is -0.212. The Hall–Kier alpha value is -3.55. The number of benzene rings is 2. The number of carbonyl (C=O) groups is 2. The van der Waals surface area contributed by atoms with Crippen molar-refractivity contribution in [1.29, 1.82) is 0 Å². The lowest BCUT2D eigenvalue weighted by Gasteiger charge is -2.10. The van der Waals surface area contributed by atoms with Crippen LogP contribution in [-0.2, 0) is 11.2 Å². The number of fused-ring (bicyclic) bond motifs is 1. The fourth-order valence-electron chi connectivity index (χ4n) is 3.04. The second-order valence-corrected chi connectivity index (χ2v) is 7.71. The van der Waals surface area contributed by atoms with Crippen LogP contribution in [0.2, 0.25) is 10.0 Å². The van der Waals surface area contributed by atoms with E-state index in [1.807, 2.05) is 24.3 Å². The number of amides is 2. The molecule has 2 aromatic carbocycles. The number of halogens is 2. The van der Waals surface area contributed by atoms with Crippen LogP contribution in [0.3, 0.4) is 0 Å². The normalized spacial score (nSPS) is 11.5. The van der Waals surface area contributed by atoms with Crippen LogP contribution in [0.4, 0.5) is 0 Å². The molecule has 9 heteroatoms. The topological polar surface area (TPSA) is 100 Å². The van der Waals surface area contributed by atoms with Gasteiger partial charge in [0.05, 0.1) is 17.3 Å². The van der Waals surface area contributed by atoms with E-state index in [0.29, 0.717) is 28.6 Å². The van der Waals surface area contributed by atoms with Crippen LogP contribution >= 0.6 is 23.2 Å². The highest BCUT2D eigenvalue weighted by Crippen LogP contribution is 2.23. The summed E-state index contributed by atoms with van der Waals surface area (Å²) >= 11 is 12.2. The second kappa shape index (κ2) is 9.72. The molecule has 2 amide bonds. The number of imidazole rings is 1. The fraction of sp³-hybridized carbons (Fsp3) is 0.0870. The van der Waals surface area contributed by atoms with Crippen molar-refractivity contribution in [3.63, 3.8) is 0 Å². The molecule has 4 aromatic rings. The Balaban J connectivity index is 1.49. The van der Waals surface area contributed by atoms with Gasteiger partial charge >= 0.3 is 0 Å². The number of hydrogen-bond acceptors (Lipinski definition) is 4. The Kier molecular flexibility index (Phi) is 6.58. The van der Waals surface area contributed by atoms with Gasteiger partial charge in [0.2, 0.25) is 0 Å². The number of hydrogen-bond donors (Lipinski definition) is 3. The first-order valence-electron chi connectivity index (χ1n) is 9.73. The van der Waals surface area contributed by atoms with Crippen molar-refractivity contribution in [3.05, 3.63) is 93.8 Å². The molecule has 32 heavy (non-hydrogen) atoms. The molecule has 0 spiro atoms. The van der Waals surface area contributed by atoms with E-state index < -0.39 is 11.8 Å². The molecule has 0 unspecified atom stereocenters. The molecular weight excluding hydrogens is 451 g/mol. The zero-order chi connectivity index (χ0) is 22.5. The molecule has 0 atom stereocenters. The molecule has 162 valence electrons. The first-order valence-corrected chi connectivity index (χ1v) is 10.5. The van der Waals surface area contributed by atoms with E-state index in [-0.39, 0.29) is 11.5 Å². The number of furan rings is 1. The van der Waals surface area contributed by atoms with E-state index in [9.17, 15) is 9.59 Å². The molecular formula is C23H18Cl2N4O3. The maximum Gasteiger partial charge on any atom is 0.291 e. The van der Waals surface area contributed by atoms with E-state index in [1.54, 1.807) is 24.3 Å². The van der Waals surface area contributed by atoms with Crippen LogP contribution < -0.4 is 10.6 Å². The summed E-state index contributed by atoms with van der Waals surface area (Å²) in [7, 11) is 0. The average Bonchev–Trinajstić information content (AvgIpc) is 3.44. The van der Waals surface area contributed by atoms with Crippen molar-refractivity contribution < 1.29 is 14.0 Å². The number of para-hydroxylation sites is 2. The molecule has 0 aliphatic heterocycles. The van der Waals surface area contributed by atoms with E-state index >= 15 is 0 Å². The number of nitrogens with zero attached hydrogens (tertiary/aromatic N) is 1. The van der Waals surface area contributed by atoms with Crippen molar-refractivity contribution in [1.82, 2.24) is 20.6 Å². The third kappa shape index (κ3) is 5.19.